The normalized spacial score (nSPS) is 16.4. The monoisotopic (exact) mass is 286 g/mol. The van der Waals surface area contributed by atoms with Crippen molar-refractivity contribution in [3.63, 3.8) is 0 Å². The Labute approximate surface area is 117 Å². The molecule has 1 saturated carbocycles. The first-order chi connectivity index (χ1) is 9.50. The van der Waals surface area contributed by atoms with E-state index < -0.39 is 11.7 Å². The standard InChI is InChI=1S/C15H21F3N2/c16-15(17,18)13-7-5-12(6-8-13)11-20(10-2-9-19)14-3-1-4-14/h5-8,14H,1-4,9-11,19H2. The van der Waals surface area contributed by atoms with E-state index in [1.54, 1.807) is 12.1 Å². The second kappa shape index (κ2) is 6.59. The molecule has 0 atom stereocenters. The van der Waals surface area contributed by atoms with Crippen molar-refractivity contribution in [2.24, 2.45) is 5.73 Å². The van der Waals surface area contributed by atoms with Crippen LogP contribution in [0.3, 0.4) is 0 Å². The average Bonchev–Trinajstić information content (AvgIpc) is 2.33. The van der Waals surface area contributed by atoms with Crippen molar-refractivity contribution in [2.75, 3.05) is 13.1 Å². The van der Waals surface area contributed by atoms with E-state index in [4.69, 9.17) is 5.73 Å². The first kappa shape index (κ1) is 15.3. The third-order valence-electron chi connectivity index (χ3n) is 3.91. The van der Waals surface area contributed by atoms with Crippen molar-refractivity contribution in [3.05, 3.63) is 35.4 Å². The summed E-state index contributed by atoms with van der Waals surface area (Å²) in [6.07, 6.45) is 0.288. The Hall–Kier alpha value is -1.07. The average molecular weight is 286 g/mol. The smallest absolute Gasteiger partial charge is 0.330 e. The van der Waals surface area contributed by atoms with Crippen LogP contribution in [0.4, 0.5) is 13.2 Å². The summed E-state index contributed by atoms with van der Waals surface area (Å²) in [5.41, 5.74) is 5.89. The number of rotatable bonds is 6. The predicted octanol–water partition coefficient (Wildman–Crippen LogP) is 3.41. The van der Waals surface area contributed by atoms with Gasteiger partial charge in [-0.1, -0.05) is 18.6 Å². The first-order valence-electron chi connectivity index (χ1n) is 7.11. The SMILES string of the molecule is NCCCN(Cc1ccc(C(F)(F)F)cc1)C1CCC1. The van der Waals surface area contributed by atoms with Crippen LogP contribution < -0.4 is 5.73 Å². The summed E-state index contributed by atoms with van der Waals surface area (Å²) in [4.78, 5) is 2.35. The van der Waals surface area contributed by atoms with E-state index in [0.717, 1.165) is 30.7 Å². The Bertz CT molecular complexity index is 410. The molecule has 1 aromatic rings. The molecule has 0 radical (unpaired) electrons. The molecule has 112 valence electrons. The molecule has 0 aliphatic heterocycles. The number of nitrogens with zero attached hydrogens (tertiary/aromatic N) is 1. The molecule has 0 unspecified atom stereocenters. The summed E-state index contributed by atoms with van der Waals surface area (Å²) < 4.78 is 37.5. The molecule has 2 rings (SSSR count). The lowest BCUT2D eigenvalue weighted by atomic mass is 9.91. The van der Waals surface area contributed by atoms with Gasteiger partial charge >= 0.3 is 6.18 Å². The van der Waals surface area contributed by atoms with Gasteiger partial charge < -0.3 is 5.73 Å². The zero-order valence-corrected chi connectivity index (χ0v) is 11.5. The fourth-order valence-electron chi connectivity index (χ4n) is 2.47. The van der Waals surface area contributed by atoms with Crippen molar-refractivity contribution >= 4 is 0 Å². The van der Waals surface area contributed by atoms with Crippen molar-refractivity contribution in [2.45, 2.75) is 44.4 Å². The summed E-state index contributed by atoms with van der Waals surface area (Å²) in [7, 11) is 0. The Morgan fingerprint density at radius 1 is 1.15 bits per heavy atom. The van der Waals surface area contributed by atoms with Crippen LogP contribution in [0.5, 0.6) is 0 Å². The van der Waals surface area contributed by atoms with E-state index in [0.29, 0.717) is 19.1 Å². The Kier molecular flexibility index (Phi) is 5.05. The van der Waals surface area contributed by atoms with E-state index in [1.165, 1.54) is 19.3 Å². The van der Waals surface area contributed by atoms with E-state index >= 15 is 0 Å². The van der Waals surface area contributed by atoms with E-state index in [1.807, 2.05) is 0 Å². The molecule has 2 N–H and O–H groups in total. The van der Waals surface area contributed by atoms with Gasteiger partial charge in [0.1, 0.15) is 0 Å². The molecule has 1 aliphatic rings. The van der Waals surface area contributed by atoms with Gasteiger partial charge in [-0.3, -0.25) is 4.90 Å². The largest absolute Gasteiger partial charge is 0.416 e. The molecule has 0 aromatic heterocycles. The number of hydrogen-bond donors (Lipinski definition) is 1. The highest BCUT2D eigenvalue weighted by Gasteiger charge is 2.30. The van der Waals surface area contributed by atoms with Gasteiger partial charge in [-0.2, -0.15) is 13.2 Å². The molecule has 0 amide bonds. The quantitative estimate of drug-likeness (QED) is 0.868. The van der Waals surface area contributed by atoms with Crippen LogP contribution in [-0.4, -0.2) is 24.0 Å². The summed E-state index contributed by atoms with van der Waals surface area (Å²) >= 11 is 0. The van der Waals surface area contributed by atoms with Gasteiger partial charge in [0.2, 0.25) is 0 Å². The van der Waals surface area contributed by atoms with Gasteiger partial charge in [0.15, 0.2) is 0 Å². The minimum Gasteiger partial charge on any atom is -0.330 e. The predicted molar refractivity (Wildman–Crippen MR) is 73.2 cm³/mol. The summed E-state index contributed by atoms with van der Waals surface area (Å²) in [5.74, 6) is 0. The van der Waals surface area contributed by atoms with Crippen molar-refractivity contribution in [1.82, 2.24) is 4.90 Å². The van der Waals surface area contributed by atoms with Gasteiger partial charge in [0.05, 0.1) is 5.56 Å². The number of benzene rings is 1. The maximum absolute atomic E-state index is 12.5. The van der Waals surface area contributed by atoms with Crippen LogP contribution in [0.25, 0.3) is 0 Å². The molecule has 5 heteroatoms. The van der Waals surface area contributed by atoms with Gasteiger partial charge in [-0.05, 0) is 50.0 Å². The molecule has 0 saturated heterocycles. The van der Waals surface area contributed by atoms with Crippen LogP contribution in [0, 0.1) is 0 Å². The van der Waals surface area contributed by atoms with E-state index in [9.17, 15) is 13.2 Å². The molecule has 2 nitrogen and oxygen atoms in total. The fraction of sp³-hybridized carbons (Fsp3) is 0.600. The maximum Gasteiger partial charge on any atom is 0.416 e. The molecule has 0 spiro atoms. The lowest BCUT2D eigenvalue weighted by molar-refractivity contribution is -0.137. The Morgan fingerprint density at radius 2 is 1.80 bits per heavy atom. The molecule has 1 fully saturated rings. The zero-order valence-electron chi connectivity index (χ0n) is 11.5. The summed E-state index contributed by atoms with van der Waals surface area (Å²) in [6.45, 7) is 2.28. The third-order valence-corrected chi connectivity index (χ3v) is 3.91. The highest BCUT2D eigenvalue weighted by Crippen LogP contribution is 2.30. The number of nitrogens with two attached hydrogens (primary N) is 1. The lowest BCUT2D eigenvalue weighted by Gasteiger charge is -2.37. The van der Waals surface area contributed by atoms with Gasteiger partial charge in [-0.25, -0.2) is 0 Å². The second-order valence-electron chi connectivity index (χ2n) is 5.39. The minimum absolute atomic E-state index is 0.573. The number of alkyl halides is 3. The van der Waals surface area contributed by atoms with Crippen LogP contribution in [0.1, 0.15) is 36.8 Å². The maximum atomic E-state index is 12.5. The fourth-order valence-corrected chi connectivity index (χ4v) is 2.47. The van der Waals surface area contributed by atoms with Crippen molar-refractivity contribution < 1.29 is 13.2 Å². The third kappa shape index (κ3) is 3.96. The second-order valence-corrected chi connectivity index (χ2v) is 5.39. The van der Waals surface area contributed by atoms with Crippen LogP contribution in [0.2, 0.25) is 0 Å². The molecule has 1 aliphatic carbocycles. The highest BCUT2D eigenvalue weighted by atomic mass is 19.4. The zero-order chi connectivity index (χ0) is 14.6. The lowest BCUT2D eigenvalue weighted by Crippen LogP contribution is -2.40. The van der Waals surface area contributed by atoms with Gasteiger partial charge in [-0.15, -0.1) is 0 Å². The Morgan fingerprint density at radius 3 is 2.25 bits per heavy atom. The van der Waals surface area contributed by atoms with Crippen molar-refractivity contribution in [3.8, 4) is 0 Å². The summed E-state index contributed by atoms with van der Waals surface area (Å²) in [6, 6.07) is 6.06. The van der Waals surface area contributed by atoms with Crippen LogP contribution >= 0.6 is 0 Å². The first-order valence-corrected chi connectivity index (χ1v) is 7.11. The molecule has 1 aromatic carbocycles. The molecular weight excluding hydrogens is 265 g/mol. The van der Waals surface area contributed by atoms with Gasteiger partial charge in [0.25, 0.3) is 0 Å². The van der Waals surface area contributed by atoms with Crippen LogP contribution in [-0.2, 0) is 12.7 Å². The van der Waals surface area contributed by atoms with Crippen LogP contribution in [0.15, 0.2) is 24.3 Å². The Balaban J connectivity index is 1.98. The molecule has 0 heterocycles. The van der Waals surface area contributed by atoms with Gasteiger partial charge in [0, 0.05) is 12.6 Å². The summed E-state index contributed by atoms with van der Waals surface area (Å²) in [5, 5.41) is 0. The molecule has 20 heavy (non-hydrogen) atoms. The number of halogens is 3. The number of hydrogen-bond acceptors (Lipinski definition) is 2. The highest BCUT2D eigenvalue weighted by molar-refractivity contribution is 5.24. The van der Waals surface area contributed by atoms with Crippen molar-refractivity contribution in [1.29, 1.82) is 0 Å². The topological polar surface area (TPSA) is 29.3 Å². The van der Waals surface area contributed by atoms with E-state index in [2.05, 4.69) is 4.90 Å². The van der Waals surface area contributed by atoms with E-state index in [-0.39, 0.29) is 0 Å². The molecular formula is C15H21F3N2. The molecule has 0 bridgehead atoms. The minimum atomic E-state index is -4.26.